The molecule has 1 aromatic rings. The maximum Gasteiger partial charge on any atom is 0.133 e. The molecule has 0 saturated carbocycles. The number of hydrogen-bond acceptors (Lipinski definition) is 3. The number of hydrogen-bond donors (Lipinski definition) is 0. The van der Waals surface area contributed by atoms with E-state index in [9.17, 15) is 0 Å². The minimum Gasteiger partial charge on any atom is -0.332 e. The molecule has 5 nitrogen and oxygen atoms in total. The average Bonchev–Trinajstić information content (AvgIpc) is 2.55. The van der Waals surface area contributed by atoms with Crippen LogP contribution in [0.3, 0.4) is 0 Å². The van der Waals surface area contributed by atoms with Crippen molar-refractivity contribution in [3.05, 3.63) is 24.4 Å². The predicted molar refractivity (Wildman–Crippen MR) is 38.2 cm³/mol. The second kappa shape index (κ2) is 2.19. The van der Waals surface area contributed by atoms with Gasteiger partial charge in [-0.15, -0.1) is 10.5 Å². The minimum absolute atomic E-state index is 0.755. The van der Waals surface area contributed by atoms with Crippen LogP contribution >= 0.6 is 0 Å². The molecule has 55 valence electrons. The Kier molecular flexibility index (Phi) is 1.21. The molecular weight excluding hydrogens is 142 g/mol. The van der Waals surface area contributed by atoms with E-state index >= 15 is 0 Å². The summed E-state index contributed by atoms with van der Waals surface area (Å²) in [6.07, 6.45) is 5.05. The van der Waals surface area contributed by atoms with Gasteiger partial charge in [-0.05, 0) is 5.22 Å². The van der Waals surface area contributed by atoms with Crippen LogP contribution in [0, 0.1) is 0 Å². The molecule has 1 aliphatic heterocycles. The molecule has 0 spiro atoms. The highest BCUT2D eigenvalue weighted by atomic mass is 15.4. The van der Waals surface area contributed by atoms with Crippen LogP contribution in [0.25, 0.3) is 5.70 Å². The SMILES string of the molecule is Cn1cncc1C1=C[N]N=N1. The van der Waals surface area contributed by atoms with E-state index in [1.54, 1.807) is 18.7 Å². The van der Waals surface area contributed by atoms with Gasteiger partial charge in [0, 0.05) is 7.05 Å². The van der Waals surface area contributed by atoms with Crippen LogP contribution in [-0.4, -0.2) is 9.55 Å². The van der Waals surface area contributed by atoms with Crippen LogP contribution in [0.4, 0.5) is 0 Å². The van der Waals surface area contributed by atoms with Crippen LogP contribution in [-0.2, 0) is 7.05 Å². The van der Waals surface area contributed by atoms with Gasteiger partial charge >= 0.3 is 0 Å². The molecule has 0 aromatic carbocycles. The summed E-state index contributed by atoms with van der Waals surface area (Å²) in [5.74, 6) is 0. The molecule has 0 N–H and O–H groups in total. The second-order valence-corrected chi connectivity index (χ2v) is 2.21. The second-order valence-electron chi connectivity index (χ2n) is 2.21. The molecule has 0 unspecified atom stereocenters. The van der Waals surface area contributed by atoms with Gasteiger partial charge in [-0.1, -0.05) is 0 Å². The molecule has 0 fully saturated rings. The van der Waals surface area contributed by atoms with E-state index in [0.717, 1.165) is 11.4 Å². The van der Waals surface area contributed by atoms with Gasteiger partial charge < -0.3 is 4.57 Å². The number of nitrogens with zero attached hydrogens (tertiary/aromatic N) is 5. The van der Waals surface area contributed by atoms with Gasteiger partial charge in [-0.3, -0.25) is 0 Å². The topological polar surface area (TPSA) is 56.6 Å². The van der Waals surface area contributed by atoms with Crippen molar-refractivity contribution in [1.29, 1.82) is 0 Å². The monoisotopic (exact) mass is 148 g/mol. The molecule has 1 aliphatic rings. The highest BCUT2D eigenvalue weighted by Crippen LogP contribution is 2.16. The summed E-state index contributed by atoms with van der Waals surface area (Å²) >= 11 is 0. The third-order valence-corrected chi connectivity index (χ3v) is 1.46. The maximum atomic E-state index is 3.95. The standard InChI is InChI=1S/C6H6N5/c1-11-4-7-3-6(11)5-2-8-10-9-5/h2-4H,1H3. The summed E-state index contributed by atoms with van der Waals surface area (Å²) in [5, 5.41) is 7.28. The smallest absolute Gasteiger partial charge is 0.133 e. The zero-order chi connectivity index (χ0) is 7.68. The van der Waals surface area contributed by atoms with Crippen molar-refractivity contribution >= 4 is 5.70 Å². The number of aryl methyl sites for hydroxylation is 1. The summed E-state index contributed by atoms with van der Waals surface area (Å²) in [7, 11) is 1.90. The summed E-state index contributed by atoms with van der Waals surface area (Å²) in [5.41, 5.74) is 5.30. The molecule has 5 heteroatoms. The van der Waals surface area contributed by atoms with E-state index in [4.69, 9.17) is 0 Å². The van der Waals surface area contributed by atoms with E-state index in [1.165, 1.54) is 0 Å². The van der Waals surface area contributed by atoms with E-state index in [2.05, 4.69) is 20.7 Å². The van der Waals surface area contributed by atoms with Crippen LogP contribution in [0.15, 0.2) is 29.1 Å². The summed E-state index contributed by atoms with van der Waals surface area (Å²) in [6, 6.07) is 0. The van der Waals surface area contributed by atoms with E-state index in [0.29, 0.717) is 0 Å². The molecule has 1 radical (unpaired) electrons. The quantitative estimate of drug-likeness (QED) is 0.578. The molecule has 1 aromatic heterocycles. The van der Waals surface area contributed by atoms with E-state index in [1.807, 2.05) is 11.6 Å². The fraction of sp³-hybridized carbons (Fsp3) is 0.167. The highest BCUT2D eigenvalue weighted by molar-refractivity contribution is 5.61. The van der Waals surface area contributed by atoms with Crippen molar-refractivity contribution in [3.8, 4) is 0 Å². The van der Waals surface area contributed by atoms with Crippen LogP contribution in [0.1, 0.15) is 5.69 Å². The highest BCUT2D eigenvalue weighted by Gasteiger charge is 2.08. The fourth-order valence-corrected chi connectivity index (χ4v) is 0.902. The normalized spacial score (nSPS) is 14.8. The molecule has 2 rings (SSSR count). The average molecular weight is 148 g/mol. The van der Waals surface area contributed by atoms with Crippen LogP contribution in [0.5, 0.6) is 0 Å². The number of imidazole rings is 1. The lowest BCUT2D eigenvalue weighted by molar-refractivity contribution is 0.889. The Bertz CT molecular complexity index is 321. The Labute approximate surface area is 63.4 Å². The maximum absolute atomic E-state index is 3.95. The molecule has 0 bridgehead atoms. The van der Waals surface area contributed by atoms with Gasteiger partial charge in [0.1, 0.15) is 5.70 Å². The number of rotatable bonds is 1. The minimum atomic E-state index is 0.755. The van der Waals surface area contributed by atoms with Gasteiger partial charge in [0.25, 0.3) is 0 Å². The lowest BCUT2D eigenvalue weighted by Gasteiger charge is -1.95. The zero-order valence-electron chi connectivity index (χ0n) is 5.97. The largest absolute Gasteiger partial charge is 0.332 e. The Morgan fingerprint density at radius 3 is 2.91 bits per heavy atom. The first-order valence-electron chi connectivity index (χ1n) is 3.15. The van der Waals surface area contributed by atoms with Crippen molar-refractivity contribution in [1.82, 2.24) is 15.0 Å². The number of aromatic nitrogens is 2. The molecule has 0 aliphatic carbocycles. The van der Waals surface area contributed by atoms with Gasteiger partial charge in [-0.25, -0.2) is 4.98 Å². The first-order valence-corrected chi connectivity index (χ1v) is 3.15. The summed E-state index contributed by atoms with van der Waals surface area (Å²) in [6.45, 7) is 0. The Morgan fingerprint density at radius 1 is 1.45 bits per heavy atom. The fourth-order valence-electron chi connectivity index (χ4n) is 0.902. The lowest BCUT2D eigenvalue weighted by Crippen LogP contribution is -1.91. The first kappa shape index (κ1) is 6.09. The molecule has 0 atom stereocenters. The molecule has 11 heavy (non-hydrogen) atoms. The van der Waals surface area contributed by atoms with Crippen LogP contribution < -0.4 is 5.43 Å². The Balaban J connectivity index is 2.43. The molecular formula is C6H6N5. The third kappa shape index (κ3) is 0.899. The summed E-state index contributed by atoms with van der Waals surface area (Å²) in [4.78, 5) is 3.95. The first-order chi connectivity index (χ1) is 5.38. The van der Waals surface area contributed by atoms with Crippen molar-refractivity contribution in [3.63, 3.8) is 0 Å². The summed E-state index contributed by atoms with van der Waals surface area (Å²) < 4.78 is 1.87. The van der Waals surface area contributed by atoms with E-state index in [-0.39, 0.29) is 0 Å². The van der Waals surface area contributed by atoms with Crippen molar-refractivity contribution in [2.75, 3.05) is 0 Å². The molecule has 2 heterocycles. The Morgan fingerprint density at radius 2 is 2.36 bits per heavy atom. The van der Waals surface area contributed by atoms with Crippen molar-refractivity contribution in [2.45, 2.75) is 0 Å². The van der Waals surface area contributed by atoms with E-state index < -0.39 is 0 Å². The van der Waals surface area contributed by atoms with Gasteiger partial charge in [0.2, 0.25) is 0 Å². The van der Waals surface area contributed by atoms with Gasteiger partial charge in [0.05, 0.1) is 24.4 Å². The van der Waals surface area contributed by atoms with Gasteiger partial charge in [0.15, 0.2) is 0 Å². The van der Waals surface area contributed by atoms with Gasteiger partial charge in [-0.2, -0.15) is 0 Å². The zero-order valence-corrected chi connectivity index (χ0v) is 5.97. The third-order valence-electron chi connectivity index (χ3n) is 1.46. The molecule has 0 amide bonds. The van der Waals surface area contributed by atoms with Crippen molar-refractivity contribution < 1.29 is 0 Å². The Hall–Kier alpha value is -1.65. The van der Waals surface area contributed by atoms with Crippen molar-refractivity contribution in [2.24, 2.45) is 17.4 Å². The van der Waals surface area contributed by atoms with Crippen LogP contribution in [0.2, 0.25) is 0 Å². The lowest BCUT2D eigenvalue weighted by atomic mass is 10.4. The predicted octanol–water partition coefficient (Wildman–Crippen LogP) is 0.704. The molecule has 0 saturated heterocycles.